The van der Waals surface area contributed by atoms with Crippen molar-refractivity contribution < 1.29 is 13.7 Å². The molecule has 5 nitrogen and oxygen atoms in total. The Kier molecular flexibility index (Phi) is 4.11. The predicted octanol–water partition coefficient (Wildman–Crippen LogP) is 2.38. The second kappa shape index (κ2) is 5.79. The SMILES string of the molecule is CNC(C)c1cc(F)ccc1OCc1noc(C)n1. The zero-order chi connectivity index (χ0) is 13.8. The molecule has 0 aliphatic heterocycles. The summed E-state index contributed by atoms with van der Waals surface area (Å²) in [6, 6.07) is 4.41. The van der Waals surface area contributed by atoms with E-state index in [1.54, 1.807) is 13.0 Å². The van der Waals surface area contributed by atoms with Crippen molar-refractivity contribution in [2.75, 3.05) is 7.05 Å². The number of hydrogen-bond donors (Lipinski definition) is 1. The standard InChI is InChI=1S/C13H16FN3O2/c1-8(15-3)11-6-10(14)4-5-12(11)18-7-13-16-9(2)19-17-13/h4-6,8,15H,7H2,1-3H3. The molecular weight excluding hydrogens is 249 g/mol. The van der Waals surface area contributed by atoms with Crippen LogP contribution in [0.5, 0.6) is 5.75 Å². The molecule has 1 atom stereocenters. The van der Waals surface area contributed by atoms with Gasteiger partial charge in [0.05, 0.1) is 0 Å². The first-order valence-corrected chi connectivity index (χ1v) is 5.99. The maximum Gasteiger partial charge on any atom is 0.223 e. The lowest BCUT2D eigenvalue weighted by Gasteiger charge is -2.15. The molecule has 0 saturated carbocycles. The van der Waals surface area contributed by atoms with Crippen LogP contribution in [0.1, 0.15) is 30.2 Å². The molecule has 1 unspecified atom stereocenters. The summed E-state index contributed by atoms with van der Waals surface area (Å²) in [5.74, 6) is 1.26. The topological polar surface area (TPSA) is 60.2 Å². The number of aromatic nitrogens is 2. The predicted molar refractivity (Wildman–Crippen MR) is 67.2 cm³/mol. The van der Waals surface area contributed by atoms with E-state index in [1.165, 1.54) is 12.1 Å². The Balaban J connectivity index is 2.15. The molecule has 1 aromatic carbocycles. The number of ether oxygens (including phenoxy) is 1. The Bertz CT molecular complexity index is 557. The Morgan fingerprint density at radius 2 is 2.26 bits per heavy atom. The van der Waals surface area contributed by atoms with E-state index in [9.17, 15) is 4.39 Å². The van der Waals surface area contributed by atoms with E-state index < -0.39 is 0 Å². The van der Waals surface area contributed by atoms with E-state index in [2.05, 4.69) is 15.5 Å². The average molecular weight is 265 g/mol. The van der Waals surface area contributed by atoms with Gasteiger partial charge in [0.15, 0.2) is 6.61 Å². The smallest absolute Gasteiger partial charge is 0.223 e. The first kappa shape index (κ1) is 13.5. The van der Waals surface area contributed by atoms with Gasteiger partial charge in [-0.25, -0.2) is 4.39 Å². The third kappa shape index (κ3) is 3.29. The van der Waals surface area contributed by atoms with E-state index in [1.807, 2.05) is 14.0 Å². The molecule has 2 aromatic rings. The summed E-state index contributed by atoms with van der Waals surface area (Å²) in [6.07, 6.45) is 0. The third-order valence-corrected chi connectivity index (χ3v) is 2.80. The summed E-state index contributed by atoms with van der Waals surface area (Å²) in [6.45, 7) is 3.83. The number of rotatable bonds is 5. The minimum Gasteiger partial charge on any atom is -0.485 e. The Morgan fingerprint density at radius 3 is 2.89 bits per heavy atom. The van der Waals surface area contributed by atoms with Crippen molar-refractivity contribution >= 4 is 0 Å². The van der Waals surface area contributed by atoms with Gasteiger partial charge in [-0.2, -0.15) is 4.98 Å². The van der Waals surface area contributed by atoms with Crippen LogP contribution in [0.15, 0.2) is 22.7 Å². The van der Waals surface area contributed by atoms with Gasteiger partial charge in [-0.3, -0.25) is 0 Å². The first-order chi connectivity index (χ1) is 9.10. The molecule has 0 fully saturated rings. The molecule has 0 saturated heterocycles. The van der Waals surface area contributed by atoms with Gasteiger partial charge in [0, 0.05) is 18.5 Å². The van der Waals surface area contributed by atoms with Crippen LogP contribution in [0.4, 0.5) is 4.39 Å². The number of halogens is 1. The summed E-state index contributed by atoms with van der Waals surface area (Å²) in [7, 11) is 1.81. The Hall–Kier alpha value is -1.95. The molecule has 0 spiro atoms. The molecule has 0 radical (unpaired) electrons. The molecule has 1 aromatic heterocycles. The number of nitrogens with zero attached hydrogens (tertiary/aromatic N) is 2. The van der Waals surface area contributed by atoms with Crippen molar-refractivity contribution in [3.8, 4) is 5.75 Å². The molecule has 1 heterocycles. The normalized spacial score (nSPS) is 12.4. The molecule has 0 aliphatic rings. The lowest BCUT2D eigenvalue weighted by Crippen LogP contribution is -2.14. The highest BCUT2D eigenvalue weighted by Crippen LogP contribution is 2.26. The van der Waals surface area contributed by atoms with E-state index in [0.29, 0.717) is 17.5 Å². The molecule has 102 valence electrons. The molecular formula is C13H16FN3O2. The van der Waals surface area contributed by atoms with Crippen LogP contribution >= 0.6 is 0 Å². The van der Waals surface area contributed by atoms with E-state index in [-0.39, 0.29) is 18.5 Å². The maximum atomic E-state index is 13.3. The van der Waals surface area contributed by atoms with Crippen LogP contribution < -0.4 is 10.1 Å². The lowest BCUT2D eigenvalue weighted by atomic mass is 10.1. The van der Waals surface area contributed by atoms with Crippen LogP contribution in [-0.2, 0) is 6.61 Å². The zero-order valence-corrected chi connectivity index (χ0v) is 11.1. The second-order valence-electron chi connectivity index (χ2n) is 4.21. The maximum absolute atomic E-state index is 13.3. The fraction of sp³-hybridized carbons (Fsp3) is 0.385. The number of nitrogens with one attached hydrogen (secondary N) is 1. The summed E-state index contributed by atoms with van der Waals surface area (Å²) < 4.78 is 23.8. The average Bonchev–Trinajstić information content (AvgIpc) is 2.82. The van der Waals surface area contributed by atoms with Crippen LogP contribution in [0, 0.1) is 12.7 Å². The highest BCUT2D eigenvalue weighted by Gasteiger charge is 2.12. The highest BCUT2D eigenvalue weighted by molar-refractivity contribution is 5.36. The monoisotopic (exact) mass is 265 g/mol. The molecule has 19 heavy (non-hydrogen) atoms. The van der Waals surface area contributed by atoms with Crippen LogP contribution in [0.2, 0.25) is 0 Å². The minimum absolute atomic E-state index is 0.0160. The number of aryl methyl sites for hydroxylation is 1. The second-order valence-corrected chi connectivity index (χ2v) is 4.21. The van der Waals surface area contributed by atoms with E-state index in [4.69, 9.17) is 9.26 Å². The number of benzene rings is 1. The van der Waals surface area contributed by atoms with Crippen molar-refractivity contribution in [3.63, 3.8) is 0 Å². The molecule has 0 amide bonds. The Labute approximate surface area is 110 Å². The van der Waals surface area contributed by atoms with Crippen molar-refractivity contribution in [2.24, 2.45) is 0 Å². The van der Waals surface area contributed by atoms with E-state index >= 15 is 0 Å². The molecule has 0 bridgehead atoms. The fourth-order valence-corrected chi connectivity index (χ4v) is 1.69. The van der Waals surface area contributed by atoms with Gasteiger partial charge >= 0.3 is 0 Å². The highest BCUT2D eigenvalue weighted by atomic mass is 19.1. The van der Waals surface area contributed by atoms with Gasteiger partial charge in [0.25, 0.3) is 0 Å². The van der Waals surface area contributed by atoms with Crippen molar-refractivity contribution in [1.82, 2.24) is 15.5 Å². The van der Waals surface area contributed by atoms with Gasteiger partial charge < -0.3 is 14.6 Å². The quantitative estimate of drug-likeness (QED) is 0.899. The van der Waals surface area contributed by atoms with Gasteiger partial charge in [0.1, 0.15) is 11.6 Å². The molecule has 2 rings (SSSR count). The first-order valence-electron chi connectivity index (χ1n) is 5.99. The van der Waals surface area contributed by atoms with Gasteiger partial charge in [-0.1, -0.05) is 5.16 Å². The molecule has 0 aliphatic carbocycles. The minimum atomic E-state index is -0.292. The van der Waals surface area contributed by atoms with Crippen molar-refractivity contribution in [2.45, 2.75) is 26.5 Å². The summed E-state index contributed by atoms with van der Waals surface area (Å²) in [5.41, 5.74) is 0.753. The summed E-state index contributed by atoms with van der Waals surface area (Å²) in [4.78, 5) is 4.05. The Morgan fingerprint density at radius 1 is 1.47 bits per heavy atom. The molecule has 1 N–H and O–H groups in total. The van der Waals surface area contributed by atoms with Crippen LogP contribution in [-0.4, -0.2) is 17.2 Å². The van der Waals surface area contributed by atoms with E-state index in [0.717, 1.165) is 5.56 Å². The summed E-state index contributed by atoms with van der Waals surface area (Å²) >= 11 is 0. The van der Waals surface area contributed by atoms with Crippen molar-refractivity contribution in [3.05, 3.63) is 41.3 Å². The number of hydrogen-bond acceptors (Lipinski definition) is 5. The largest absolute Gasteiger partial charge is 0.485 e. The van der Waals surface area contributed by atoms with Crippen molar-refractivity contribution in [1.29, 1.82) is 0 Å². The lowest BCUT2D eigenvalue weighted by molar-refractivity contribution is 0.280. The summed E-state index contributed by atoms with van der Waals surface area (Å²) in [5, 5.41) is 6.80. The van der Waals surface area contributed by atoms with Crippen LogP contribution in [0.3, 0.4) is 0 Å². The van der Waals surface area contributed by atoms with Gasteiger partial charge in [-0.05, 0) is 32.2 Å². The third-order valence-electron chi connectivity index (χ3n) is 2.80. The van der Waals surface area contributed by atoms with Gasteiger partial charge in [-0.15, -0.1) is 0 Å². The zero-order valence-electron chi connectivity index (χ0n) is 11.1. The van der Waals surface area contributed by atoms with Gasteiger partial charge in [0.2, 0.25) is 11.7 Å². The van der Waals surface area contributed by atoms with Crippen LogP contribution in [0.25, 0.3) is 0 Å². The molecule has 6 heteroatoms. The fourth-order valence-electron chi connectivity index (χ4n) is 1.69.